The molecule has 0 aromatic rings. The molecule has 5 heteroatoms. The Hall–Kier alpha value is -0.810. The lowest BCUT2D eigenvalue weighted by atomic mass is 9.97. The maximum Gasteiger partial charge on any atom is 0.188 e. The van der Waals surface area contributed by atoms with Crippen LogP contribution in [-0.2, 0) is 4.74 Å². The lowest BCUT2D eigenvalue weighted by molar-refractivity contribution is 0.143. The van der Waals surface area contributed by atoms with Gasteiger partial charge in [-0.1, -0.05) is 0 Å². The number of methoxy groups -OCH3 is 1. The second-order valence-corrected chi connectivity index (χ2v) is 5.24. The number of hydrogen-bond acceptors (Lipinski definition) is 3. The van der Waals surface area contributed by atoms with Gasteiger partial charge in [-0.3, -0.25) is 4.99 Å². The monoisotopic (exact) mass is 256 g/mol. The van der Waals surface area contributed by atoms with Gasteiger partial charge in [-0.05, 0) is 39.2 Å². The molecule has 0 amide bonds. The molecule has 106 valence electrons. The van der Waals surface area contributed by atoms with Gasteiger partial charge in [-0.25, -0.2) is 0 Å². The molecular formula is C13H28N4O. The fourth-order valence-corrected chi connectivity index (χ4v) is 2.28. The van der Waals surface area contributed by atoms with Gasteiger partial charge in [0.1, 0.15) is 0 Å². The molecule has 1 rings (SSSR count). The summed E-state index contributed by atoms with van der Waals surface area (Å²) in [5.41, 5.74) is 5.80. The van der Waals surface area contributed by atoms with E-state index in [9.17, 15) is 0 Å². The van der Waals surface area contributed by atoms with Crippen molar-refractivity contribution in [1.82, 2.24) is 10.2 Å². The van der Waals surface area contributed by atoms with Crippen LogP contribution in [0.4, 0.5) is 0 Å². The van der Waals surface area contributed by atoms with Gasteiger partial charge < -0.3 is 20.7 Å². The Balaban J connectivity index is 2.26. The van der Waals surface area contributed by atoms with Crippen molar-refractivity contribution in [3.8, 4) is 0 Å². The second kappa shape index (κ2) is 8.32. The summed E-state index contributed by atoms with van der Waals surface area (Å²) in [6, 6.07) is 0.633. The molecule has 0 aliphatic carbocycles. The summed E-state index contributed by atoms with van der Waals surface area (Å²) in [6.45, 7) is 9.08. The Morgan fingerprint density at radius 2 is 2.33 bits per heavy atom. The van der Waals surface area contributed by atoms with Crippen LogP contribution in [0.1, 0.15) is 26.7 Å². The van der Waals surface area contributed by atoms with Crippen LogP contribution in [0.2, 0.25) is 0 Å². The number of guanidine groups is 1. The normalized spacial score (nSPS) is 22.4. The number of aliphatic imine (C=N–C) groups is 1. The van der Waals surface area contributed by atoms with E-state index in [0.717, 1.165) is 13.1 Å². The Kier molecular flexibility index (Phi) is 7.05. The lowest BCUT2D eigenvalue weighted by Gasteiger charge is -2.34. The van der Waals surface area contributed by atoms with Gasteiger partial charge in [0.15, 0.2) is 5.96 Å². The van der Waals surface area contributed by atoms with Crippen LogP contribution >= 0.6 is 0 Å². The first kappa shape index (κ1) is 15.2. The van der Waals surface area contributed by atoms with Crippen molar-refractivity contribution < 1.29 is 4.74 Å². The third-order valence-corrected chi connectivity index (χ3v) is 3.41. The first-order valence-electron chi connectivity index (χ1n) is 6.90. The lowest BCUT2D eigenvalue weighted by Crippen LogP contribution is -2.41. The Labute approximate surface area is 111 Å². The second-order valence-electron chi connectivity index (χ2n) is 5.24. The Morgan fingerprint density at radius 1 is 1.56 bits per heavy atom. The SMILES string of the molecule is COCCNC(N)=NCC1CCCN(C(C)C)C1. The van der Waals surface area contributed by atoms with Crippen molar-refractivity contribution in [2.24, 2.45) is 16.6 Å². The number of piperidine rings is 1. The topological polar surface area (TPSA) is 62.9 Å². The molecule has 1 aliphatic heterocycles. The molecule has 1 heterocycles. The summed E-state index contributed by atoms with van der Waals surface area (Å²) in [4.78, 5) is 6.94. The number of nitrogens with zero attached hydrogens (tertiary/aromatic N) is 2. The summed E-state index contributed by atoms with van der Waals surface area (Å²) < 4.78 is 4.95. The van der Waals surface area contributed by atoms with Crippen LogP contribution < -0.4 is 11.1 Å². The van der Waals surface area contributed by atoms with E-state index >= 15 is 0 Å². The highest BCUT2D eigenvalue weighted by atomic mass is 16.5. The van der Waals surface area contributed by atoms with Crippen LogP contribution in [0, 0.1) is 5.92 Å². The van der Waals surface area contributed by atoms with Gasteiger partial charge in [-0.2, -0.15) is 0 Å². The third kappa shape index (κ3) is 5.69. The average molecular weight is 256 g/mol. The molecule has 0 radical (unpaired) electrons. The first-order chi connectivity index (χ1) is 8.63. The predicted molar refractivity (Wildman–Crippen MR) is 75.8 cm³/mol. The number of nitrogens with one attached hydrogen (secondary N) is 1. The molecule has 0 spiro atoms. The van der Waals surface area contributed by atoms with Gasteiger partial charge in [0, 0.05) is 32.8 Å². The van der Waals surface area contributed by atoms with E-state index in [1.165, 1.54) is 19.4 Å². The van der Waals surface area contributed by atoms with Crippen molar-refractivity contribution >= 4 is 5.96 Å². The van der Waals surface area contributed by atoms with Crippen LogP contribution in [0.25, 0.3) is 0 Å². The van der Waals surface area contributed by atoms with Crippen LogP contribution in [-0.4, -0.2) is 56.8 Å². The highest BCUT2D eigenvalue weighted by molar-refractivity contribution is 5.77. The van der Waals surface area contributed by atoms with Crippen molar-refractivity contribution in [2.45, 2.75) is 32.7 Å². The van der Waals surface area contributed by atoms with E-state index < -0.39 is 0 Å². The van der Waals surface area contributed by atoms with Gasteiger partial charge in [0.2, 0.25) is 0 Å². The summed E-state index contributed by atoms with van der Waals surface area (Å²) in [6.07, 6.45) is 2.54. The maximum absolute atomic E-state index is 5.80. The molecule has 3 N–H and O–H groups in total. The quantitative estimate of drug-likeness (QED) is 0.416. The zero-order valence-corrected chi connectivity index (χ0v) is 12.0. The van der Waals surface area contributed by atoms with Crippen LogP contribution in [0.3, 0.4) is 0 Å². The van der Waals surface area contributed by atoms with Crippen molar-refractivity contribution in [3.63, 3.8) is 0 Å². The standard InChI is InChI=1S/C13H28N4O/c1-11(2)17-7-4-5-12(10-17)9-16-13(14)15-6-8-18-3/h11-12H,4-10H2,1-3H3,(H3,14,15,16). The molecule has 5 nitrogen and oxygen atoms in total. The molecule has 1 unspecified atom stereocenters. The van der Waals surface area contributed by atoms with Gasteiger partial charge in [-0.15, -0.1) is 0 Å². The molecule has 1 atom stereocenters. The minimum atomic E-state index is 0.536. The summed E-state index contributed by atoms with van der Waals surface area (Å²) in [5, 5.41) is 3.05. The summed E-state index contributed by atoms with van der Waals surface area (Å²) >= 11 is 0. The molecule has 0 aromatic heterocycles. The van der Waals surface area contributed by atoms with Gasteiger partial charge in [0.05, 0.1) is 6.61 Å². The van der Waals surface area contributed by atoms with E-state index in [1.807, 2.05) is 0 Å². The maximum atomic E-state index is 5.80. The zero-order valence-electron chi connectivity index (χ0n) is 12.0. The van der Waals surface area contributed by atoms with E-state index in [0.29, 0.717) is 31.1 Å². The number of ether oxygens (including phenoxy) is 1. The number of likely N-dealkylation sites (tertiary alicyclic amines) is 1. The summed E-state index contributed by atoms with van der Waals surface area (Å²) in [5.74, 6) is 1.18. The fourth-order valence-electron chi connectivity index (χ4n) is 2.28. The minimum Gasteiger partial charge on any atom is -0.383 e. The Bertz CT molecular complexity index is 255. The molecule has 1 fully saturated rings. The predicted octanol–water partition coefficient (Wildman–Crippen LogP) is 0.658. The van der Waals surface area contributed by atoms with Gasteiger partial charge in [0.25, 0.3) is 0 Å². The Morgan fingerprint density at radius 3 is 3.00 bits per heavy atom. The molecule has 1 saturated heterocycles. The number of hydrogen-bond donors (Lipinski definition) is 2. The third-order valence-electron chi connectivity index (χ3n) is 3.41. The largest absolute Gasteiger partial charge is 0.383 e. The van der Waals surface area contributed by atoms with Crippen molar-refractivity contribution in [3.05, 3.63) is 0 Å². The zero-order chi connectivity index (χ0) is 13.4. The summed E-state index contributed by atoms with van der Waals surface area (Å²) in [7, 11) is 1.68. The highest BCUT2D eigenvalue weighted by Gasteiger charge is 2.21. The average Bonchev–Trinajstić information content (AvgIpc) is 2.37. The minimum absolute atomic E-state index is 0.536. The fraction of sp³-hybridized carbons (Fsp3) is 0.923. The van der Waals surface area contributed by atoms with Crippen molar-refractivity contribution in [2.75, 3.05) is 39.9 Å². The van der Waals surface area contributed by atoms with Crippen LogP contribution in [0.15, 0.2) is 4.99 Å². The number of rotatable bonds is 6. The van der Waals surface area contributed by atoms with E-state index in [1.54, 1.807) is 7.11 Å². The smallest absolute Gasteiger partial charge is 0.188 e. The highest BCUT2D eigenvalue weighted by Crippen LogP contribution is 2.18. The molecule has 18 heavy (non-hydrogen) atoms. The van der Waals surface area contributed by atoms with Gasteiger partial charge >= 0.3 is 0 Å². The van der Waals surface area contributed by atoms with E-state index in [2.05, 4.69) is 29.1 Å². The molecule has 0 bridgehead atoms. The number of nitrogens with two attached hydrogens (primary N) is 1. The molecule has 1 aliphatic rings. The molecular weight excluding hydrogens is 228 g/mol. The van der Waals surface area contributed by atoms with E-state index in [-0.39, 0.29) is 0 Å². The molecule has 0 aromatic carbocycles. The van der Waals surface area contributed by atoms with E-state index in [4.69, 9.17) is 10.5 Å². The first-order valence-corrected chi connectivity index (χ1v) is 6.90. The van der Waals surface area contributed by atoms with Crippen molar-refractivity contribution in [1.29, 1.82) is 0 Å². The van der Waals surface area contributed by atoms with Crippen LogP contribution in [0.5, 0.6) is 0 Å². The molecule has 0 saturated carbocycles.